The molecule has 46 heavy (non-hydrogen) atoms. The van der Waals surface area contributed by atoms with Gasteiger partial charge in [-0.25, -0.2) is 0 Å². The maximum absolute atomic E-state index is 2.47. The Morgan fingerprint density at radius 1 is 0.522 bits per heavy atom. The smallest absolute Gasteiger partial charge is 0.158 e. The molecule has 232 valence electrons. The van der Waals surface area contributed by atoms with Crippen LogP contribution in [0.25, 0.3) is 43.8 Å². The number of hydrogen-bond donors (Lipinski definition) is 0. The minimum Gasteiger partial charge on any atom is -0.158 e. The number of aryl methyl sites for hydroxylation is 2. The molecule has 2 heteroatoms. The Kier molecular flexibility index (Phi) is 9.43. The third kappa shape index (κ3) is 5.76. The monoisotopic (exact) mass is 630 g/mol. The van der Waals surface area contributed by atoms with Gasteiger partial charge in [-0.15, -0.1) is 69.1 Å². The molecule has 0 unspecified atom stereocenters. The van der Waals surface area contributed by atoms with Gasteiger partial charge in [0.05, 0.1) is 0 Å². The van der Waals surface area contributed by atoms with Gasteiger partial charge < -0.3 is 0 Å². The summed E-state index contributed by atoms with van der Waals surface area (Å²) in [5.41, 5.74) is 11.3. The van der Waals surface area contributed by atoms with Crippen molar-refractivity contribution in [2.24, 2.45) is 0 Å². The third-order valence-electron chi connectivity index (χ3n) is 10.5. The molecule has 6 aromatic carbocycles. The van der Waals surface area contributed by atoms with Crippen LogP contribution < -0.4 is 10.4 Å². The zero-order valence-electron chi connectivity index (χ0n) is 29.9. The van der Waals surface area contributed by atoms with Crippen LogP contribution in [0.3, 0.4) is 0 Å². The quantitative estimate of drug-likeness (QED) is 0.127. The molecule has 0 nitrogen and oxygen atoms in total. The molecule has 0 N–H and O–H groups in total. The van der Waals surface area contributed by atoms with Crippen LogP contribution >= 0.6 is 0 Å². The van der Waals surface area contributed by atoms with E-state index in [0.29, 0.717) is 0 Å². The van der Waals surface area contributed by atoms with Gasteiger partial charge in [0, 0.05) is 8.07 Å². The molecule has 6 rings (SSSR count). The van der Waals surface area contributed by atoms with Crippen molar-refractivity contribution in [2.45, 2.75) is 92.2 Å². The van der Waals surface area contributed by atoms with Gasteiger partial charge in [-0.3, -0.25) is 0 Å². The second-order valence-electron chi connectivity index (χ2n) is 15.4. The molecule has 0 saturated carbocycles. The van der Waals surface area contributed by atoms with E-state index in [1.807, 2.05) is 0 Å². The Morgan fingerprint density at radius 2 is 0.870 bits per heavy atom. The molecule has 0 radical (unpaired) electrons. The normalized spacial score (nSPS) is 12.6. The molecule has 0 aliphatic heterocycles. The summed E-state index contributed by atoms with van der Waals surface area (Å²) in [7, 11) is -2.22. The average Bonchev–Trinajstić information content (AvgIpc) is 3.54. The van der Waals surface area contributed by atoms with Gasteiger partial charge in [0.15, 0.2) is 0 Å². The first-order valence-corrected chi connectivity index (χ1v) is 19.3. The van der Waals surface area contributed by atoms with Crippen molar-refractivity contribution in [3.05, 3.63) is 119 Å². The Labute approximate surface area is 295 Å². The molecule has 6 aromatic rings. The third-order valence-corrected chi connectivity index (χ3v) is 16.1. The van der Waals surface area contributed by atoms with Gasteiger partial charge in [-0.1, -0.05) is 153 Å². The molecule has 0 atom stereocenters. The summed E-state index contributed by atoms with van der Waals surface area (Å²) in [4.78, 5) is 0. The van der Waals surface area contributed by atoms with Crippen molar-refractivity contribution in [3.63, 3.8) is 0 Å². The molecular weight excluding hydrogens is 581 g/mol. The van der Waals surface area contributed by atoms with E-state index in [1.54, 1.807) is 10.4 Å². The van der Waals surface area contributed by atoms with Crippen LogP contribution in [0.2, 0.25) is 12.1 Å². The van der Waals surface area contributed by atoms with E-state index in [-0.39, 0.29) is 33.9 Å². The summed E-state index contributed by atoms with van der Waals surface area (Å²) in [6, 6.07) is 39.9. The fourth-order valence-electron chi connectivity index (χ4n) is 8.04. The SMILES string of the molecule is CC[Si](CC)(c1c(C)[cH-]c2cccc(-c3ccc(C(C)(C)C)cc3)c12)c1c(C)[cH-]c2cccc(-c3ccc(C(C)(C)C)cc3)c12.[Mg+2]. The molecule has 0 saturated heterocycles. The van der Waals surface area contributed by atoms with Crippen molar-refractivity contribution in [3.8, 4) is 22.3 Å². The van der Waals surface area contributed by atoms with E-state index in [0.717, 1.165) is 0 Å². The molecular formula is C44H50MgSi. The van der Waals surface area contributed by atoms with E-state index >= 15 is 0 Å². The van der Waals surface area contributed by atoms with Gasteiger partial charge >= 0.3 is 23.1 Å². The minimum absolute atomic E-state index is 0. The van der Waals surface area contributed by atoms with Crippen LogP contribution in [0.1, 0.15) is 77.6 Å². The van der Waals surface area contributed by atoms with Crippen LogP contribution in [-0.2, 0) is 10.8 Å². The number of benzene rings is 4. The van der Waals surface area contributed by atoms with E-state index in [4.69, 9.17) is 0 Å². The first-order valence-electron chi connectivity index (χ1n) is 16.9. The van der Waals surface area contributed by atoms with Gasteiger partial charge in [0.1, 0.15) is 0 Å². The van der Waals surface area contributed by atoms with Gasteiger partial charge in [-0.05, 0) is 33.1 Å². The Morgan fingerprint density at radius 3 is 1.17 bits per heavy atom. The van der Waals surface area contributed by atoms with Gasteiger partial charge in [-0.2, -0.15) is 10.4 Å². The molecule has 0 aliphatic carbocycles. The number of fused-ring (bicyclic) bond motifs is 2. The zero-order valence-corrected chi connectivity index (χ0v) is 32.3. The predicted octanol–water partition coefficient (Wildman–Crippen LogP) is 11.2. The number of rotatable bonds is 6. The fourth-order valence-corrected chi connectivity index (χ4v) is 13.4. The van der Waals surface area contributed by atoms with Crippen molar-refractivity contribution in [1.29, 1.82) is 0 Å². The fraction of sp³-hybridized carbons (Fsp3) is 0.318. The minimum atomic E-state index is -2.22. The maximum Gasteiger partial charge on any atom is 2.00 e. The molecule has 0 fully saturated rings. The molecule has 0 aromatic heterocycles. The molecule has 0 aliphatic rings. The zero-order chi connectivity index (χ0) is 32.3. The summed E-state index contributed by atoms with van der Waals surface area (Å²) in [5, 5.41) is 9.01. The van der Waals surface area contributed by atoms with Crippen molar-refractivity contribution in [1.82, 2.24) is 0 Å². The van der Waals surface area contributed by atoms with Crippen molar-refractivity contribution >= 4 is 63.0 Å². The van der Waals surface area contributed by atoms with Crippen molar-refractivity contribution < 1.29 is 0 Å². The van der Waals surface area contributed by atoms with Crippen LogP contribution in [-0.4, -0.2) is 31.1 Å². The summed E-state index contributed by atoms with van der Waals surface area (Å²) in [6.45, 7) is 23.5. The topological polar surface area (TPSA) is 0 Å². The van der Waals surface area contributed by atoms with E-state index in [1.165, 1.54) is 78.1 Å². The number of hydrogen-bond acceptors (Lipinski definition) is 0. The van der Waals surface area contributed by atoms with Crippen molar-refractivity contribution in [2.75, 3.05) is 0 Å². The van der Waals surface area contributed by atoms with Gasteiger partial charge in [0.25, 0.3) is 0 Å². The van der Waals surface area contributed by atoms with E-state index in [9.17, 15) is 0 Å². The average molecular weight is 631 g/mol. The molecule has 0 amide bonds. The summed E-state index contributed by atoms with van der Waals surface area (Å²) in [6.07, 6.45) is 0. The second kappa shape index (κ2) is 12.6. The predicted molar refractivity (Wildman–Crippen MR) is 209 cm³/mol. The summed E-state index contributed by atoms with van der Waals surface area (Å²) >= 11 is 0. The Bertz CT molecular complexity index is 1840. The summed E-state index contributed by atoms with van der Waals surface area (Å²) in [5.74, 6) is 0. The van der Waals surface area contributed by atoms with Crippen LogP contribution in [0.4, 0.5) is 0 Å². The largest absolute Gasteiger partial charge is 2.00 e. The van der Waals surface area contributed by atoms with Crippen LogP contribution in [0.15, 0.2) is 97.1 Å². The Balaban J connectivity index is 0.00000417. The molecule has 0 spiro atoms. The molecule has 0 heterocycles. The first-order chi connectivity index (χ1) is 21.3. The van der Waals surface area contributed by atoms with Crippen LogP contribution in [0, 0.1) is 13.8 Å². The molecule has 0 bridgehead atoms. The van der Waals surface area contributed by atoms with Gasteiger partial charge in [0.2, 0.25) is 0 Å². The summed E-state index contributed by atoms with van der Waals surface area (Å²) < 4.78 is 0. The second-order valence-corrected chi connectivity index (χ2v) is 20.0. The standard InChI is InChI=1S/C44H50Si.Mg/c1-11-45(12-2,41-29(3)27-33-15-13-17-37(39(33)41)31-19-23-35(24-20-31)43(5,6)7)42-30(4)28-34-16-14-18-38(40(34)42)32-21-25-36(26-22-32)44(8,9)10;/h13-28H,11-12H2,1-10H3;/q-2;+2. The maximum atomic E-state index is 2.47. The Hall–Kier alpha value is -2.92. The van der Waals surface area contributed by atoms with E-state index in [2.05, 4.69) is 166 Å². The van der Waals surface area contributed by atoms with Crippen LogP contribution in [0.5, 0.6) is 0 Å². The first kappa shape index (κ1) is 34.4. The van der Waals surface area contributed by atoms with E-state index < -0.39 is 8.07 Å².